The average Bonchev–Trinajstić information content (AvgIpc) is 2.28. The maximum Gasteiger partial charge on any atom is 0.304 e. The van der Waals surface area contributed by atoms with Crippen molar-refractivity contribution in [1.29, 1.82) is 0 Å². The maximum absolute atomic E-state index is 10.9. The van der Waals surface area contributed by atoms with Gasteiger partial charge in [0.2, 0.25) is 0 Å². The van der Waals surface area contributed by atoms with Gasteiger partial charge in [0.25, 0.3) is 0 Å². The first-order valence-electron chi connectivity index (χ1n) is 6.46. The van der Waals surface area contributed by atoms with Crippen LogP contribution in [0.5, 0.6) is 0 Å². The minimum atomic E-state index is -0.703. The summed E-state index contributed by atoms with van der Waals surface area (Å²) in [6.45, 7) is 7.30. The Morgan fingerprint density at radius 1 is 1.61 bits per heavy atom. The highest BCUT2D eigenvalue weighted by molar-refractivity contribution is 7.99. The number of aliphatic carboxylic acids is 1. The number of rotatable bonds is 6. The Morgan fingerprint density at radius 2 is 2.28 bits per heavy atom. The molecule has 0 radical (unpaired) electrons. The molecule has 0 aromatic rings. The summed E-state index contributed by atoms with van der Waals surface area (Å²) < 4.78 is 5.47. The Bertz CT molecular complexity index is 283. The van der Waals surface area contributed by atoms with Crippen LogP contribution < -0.4 is 0 Å². The Kier molecular flexibility index (Phi) is 5.95. The van der Waals surface area contributed by atoms with Crippen molar-refractivity contribution in [3.05, 3.63) is 0 Å². The Hall–Kier alpha value is -0.260. The molecule has 1 aliphatic heterocycles. The minimum Gasteiger partial charge on any atom is -0.481 e. The van der Waals surface area contributed by atoms with Crippen molar-refractivity contribution in [1.82, 2.24) is 4.90 Å². The van der Waals surface area contributed by atoms with Gasteiger partial charge in [-0.25, -0.2) is 0 Å². The summed E-state index contributed by atoms with van der Waals surface area (Å²) in [6, 6.07) is 0.508. The minimum absolute atomic E-state index is 0.155. The molecule has 1 heterocycles. The van der Waals surface area contributed by atoms with Crippen LogP contribution in [0.2, 0.25) is 0 Å². The van der Waals surface area contributed by atoms with Crippen LogP contribution in [-0.4, -0.2) is 58.8 Å². The number of hydrogen-bond acceptors (Lipinski definition) is 4. The van der Waals surface area contributed by atoms with Crippen molar-refractivity contribution in [2.24, 2.45) is 0 Å². The van der Waals surface area contributed by atoms with Crippen LogP contribution >= 0.6 is 11.8 Å². The highest BCUT2D eigenvalue weighted by atomic mass is 32.2. The third-order valence-electron chi connectivity index (χ3n) is 3.59. The van der Waals surface area contributed by atoms with Gasteiger partial charge in [-0.05, 0) is 27.2 Å². The highest BCUT2D eigenvalue weighted by Crippen LogP contribution is 2.26. The zero-order valence-electron chi connectivity index (χ0n) is 11.8. The maximum atomic E-state index is 10.9. The molecule has 1 aliphatic rings. The summed E-state index contributed by atoms with van der Waals surface area (Å²) in [4.78, 5) is 13.3. The van der Waals surface area contributed by atoms with E-state index in [2.05, 4.69) is 25.7 Å². The lowest BCUT2D eigenvalue weighted by Gasteiger charge is -2.41. The van der Waals surface area contributed by atoms with E-state index in [0.29, 0.717) is 6.04 Å². The van der Waals surface area contributed by atoms with Crippen LogP contribution in [0.3, 0.4) is 0 Å². The van der Waals surface area contributed by atoms with E-state index >= 15 is 0 Å². The number of thioether (sulfide) groups is 1. The van der Waals surface area contributed by atoms with E-state index in [9.17, 15) is 4.79 Å². The van der Waals surface area contributed by atoms with Gasteiger partial charge in [-0.15, -0.1) is 0 Å². The molecule has 0 saturated carbocycles. The van der Waals surface area contributed by atoms with E-state index in [1.165, 1.54) is 0 Å². The van der Waals surface area contributed by atoms with Gasteiger partial charge in [-0.1, -0.05) is 0 Å². The molecule has 0 aromatic carbocycles. The van der Waals surface area contributed by atoms with Gasteiger partial charge in [0.1, 0.15) is 0 Å². The predicted molar refractivity (Wildman–Crippen MR) is 75.2 cm³/mol. The molecule has 5 heteroatoms. The topological polar surface area (TPSA) is 49.8 Å². The van der Waals surface area contributed by atoms with E-state index in [0.717, 1.165) is 24.5 Å². The molecule has 0 aromatic heterocycles. The number of methoxy groups -OCH3 is 1. The smallest absolute Gasteiger partial charge is 0.304 e. The monoisotopic (exact) mass is 275 g/mol. The summed E-state index contributed by atoms with van der Waals surface area (Å²) >= 11 is 1.85. The second kappa shape index (κ2) is 6.78. The molecule has 1 fully saturated rings. The Labute approximate surface area is 114 Å². The molecule has 1 N–H and O–H groups in total. The predicted octanol–water partition coefficient (Wildman–Crippen LogP) is 2.08. The summed E-state index contributed by atoms with van der Waals surface area (Å²) in [5.41, 5.74) is -0.155. The van der Waals surface area contributed by atoms with Crippen LogP contribution in [-0.2, 0) is 9.53 Å². The van der Waals surface area contributed by atoms with E-state index in [4.69, 9.17) is 9.84 Å². The second-order valence-corrected chi connectivity index (χ2v) is 6.73. The third-order valence-corrected chi connectivity index (χ3v) is 4.68. The molecule has 1 saturated heterocycles. The first-order valence-corrected chi connectivity index (χ1v) is 7.61. The lowest BCUT2D eigenvalue weighted by atomic mass is 9.97. The van der Waals surface area contributed by atoms with Gasteiger partial charge in [0.15, 0.2) is 0 Å². The Morgan fingerprint density at radius 3 is 2.83 bits per heavy atom. The molecule has 1 rings (SSSR count). The standard InChI is InChI=1S/C13H25NO3S/c1-10(8-13(2,3)17-4)14-5-6-18-9-11(14)7-12(15)16/h10-11H,5-9H2,1-4H3,(H,15,16). The normalized spacial score (nSPS) is 23.9. The summed E-state index contributed by atoms with van der Waals surface area (Å²) in [5.74, 6) is 1.31. The third kappa shape index (κ3) is 4.78. The largest absolute Gasteiger partial charge is 0.481 e. The van der Waals surface area contributed by atoms with Gasteiger partial charge >= 0.3 is 5.97 Å². The van der Waals surface area contributed by atoms with Crippen molar-refractivity contribution in [3.8, 4) is 0 Å². The van der Waals surface area contributed by atoms with Crippen LogP contribution in [0.25, 0.3) is 0 Å². The lowest BCUT2D eigenvalue weighted by molar-refractivity contribution is -0.138. The number of carbonyl (C=O) groups is 1. The van der Waals surface area contributed by atoms with E-state index in [-0.39, 0.29) is 18.1 Å². The zero-order valence-corrected chi connectivity index (χ0v) is 12.6. The highest BCUT2D eigenvalue weighted by Gasteiger charge is 2.31. The summed E-state index contributed by atoms with van der Waals surface area (Å²) in [7, 11) is 1.73. The molecule has 2 unspecified atom stereocenters. The van der Waals surface area contributed by atoms with Gasteiger partial charge < -0.3 is 9.84 Å². The molecular weight excluding hydrogens is 250 g/mol. The molecule has 0 amide bonds. The number of ether oxygens (including phenoxy) is 1. The molecule has 2 atom stereocenters. The average molecular weight is 275 g/mol. The fraction of sp³-hybridized carbons (Fsp3) is 0.923. The number of hydrogen-bond donors (Lipinski definition) is 1. The van der Waals surface area contributed by atoms with E-state index < -0.39 is 5.97 Å². The first-order chi connectivity index (χ1) is 8.35. The quantitative estimate of drug-likeness (QED) is 0.804. The van der Waals surface area contributed by atoms with Crippen molar-refractivity contribution in [2.45, 2.75) is 51.3 Å². The van der Waals surface area contributed by atoms with Gasteiger partial charge in [0, 0.05) is 37.2 Å². The summed E-state index contributed by atoms with van der Waals surface area (Å²) in [5, 5.41) is 8.98. The first kappa shape index (κ1) is 15.8. The van der Waals surface area contributed by atoms with Gasteiger partial charge in [0.05, 0.1) is 12.0 Å². The van der Waals surface area contributed by atoms with Crippen molar-refractivity contribution < 1.29 is 14.6 Å². The number of carboxylic acids is 1. The molecule has 0 bridgehead atoms. The Balaban J connectivity index is 2.62. The van der Waals surface area contributed by atoms with Crippen LogP contribution in [0.15, 0.2) is 0 Å². The second-order valence-electron chi connectivity index (χ2n) is 5.58. The van der Waals surface area contributed by atoms with Crippen LogP contribution in [0.4, 0.5) is 0 Å². The fourth-order valence-corrected chi connectivity index (χ4v) is 3.63. The van der Waals surface area contributed by atoms with E-state index in [1.54, 1.807) is 7.11 Å². The fourth-order valence-electron chi connectivity index (χ4n) is 2.54. The zero-order chi connectivity index (χ0) is 13.8. The molecule has 18 heavy (non-hydrogen) atoms. The molecule has 0 spiro atoms. The SMILES string of the molecule is COC(C)(C)CC(C)N1CCSCC1CC(=O)O. The molecule has 4 nitrogen and oxygen atoms in total. The number of carboxylic acid groups (broad SMARTS) is 1. The van der Waals surface area contributed by atoms with Crippen molar-refractivity contribution >= 4 is 17.7 Å². The molecule has 106 valence electrons. The molecular formula is C13H25NO3S. The molecule has 0 aliphatic carbocycles. The van der Waals surface area contributed by atoms with E-state index in [1.807, 2.05) is 11.8 Å². The van der Waals surface area contributed by atoms with Gasteiger partial charge in [-0.2, -0.15) is 11.8 Å². The van der Waals surface area contributed by atoms with Crippen LogP contribution in [0, 0.1) is 0 Å². The van der Waals surface area contributed by atoms with Gasteiger partial charge in [-0.3, -0.25) is 9.69 Å². The van der Waals surface area contributed by atoms with Crippen LogP contribution in [0.1, 0.15) is 33.6 Å². The van der Waals surface area contributed by atoms with Crippen molar-refractivity contribution in [2.75, 3.05) is 25.2 Å². The number of nitrogens with zero attached hydrogens (tertiary/aromatic N) is 1. The summed E-state index contributed by atoms with van der Waals surface area (Å²) in [6.07, 6.45) is 1.16. The lowest BCUT2D eigenvalue weighted by Crippen LogP contribution is -2.50. The van der Waals surface area contributed by atoms with Crippen molar-refractivity contribution in [3.63, 3.8) is 0 Å².